The lowest BCUT2D eigenvalue weighted by atomic mass is 10.1. The summed E-state index contributed by atoms with van der Waals surface area (Å²) in [6, 6.07) is 17.2. The number of rotatable bonds is 6. The number of nitrogens with one attached hydrogen (secondary N) is 2. The highest BCUT2D eigenvalue weighted by Crippen LogP contribution is 2.24. The van der Waals surface area contributed by atoms with Crippen molar-refractivity contribution < 1.29 is 18.7 Å². The van der Waals surface area contributed by atoms with Gasteiger partial charge < -0.3 is 15.4 Å². The van der Waals surface area contributed by atoms with E-state index in [2.05, 4.69) is 10.6 Å². The van der Waals surface area contributed by atoms with Crippen molar-refractivity contribution in [2.45, 2.75) is 20.0 Å². The van der Waals surface area contributed by atoms with E-state index < -0.39 is 6.10 Å². The standard InChI is InChI=1S/C23H20ClFN2O3/c1-14-20(24)4-3-5-21(14)27-23(29)16-6-12-19(13-7-16)30-15(2)22(28)26-18-10-8-17(25)9-11-18/h3-13,15H,1-2H3,(H,26,28)(H,27,29). The molecule has 0 bridgehead atoms. The molecule has 2 amide bonds. The third-order valence-corrected chi connectivity index (χ3v) is 4.84. The number of halogens is 2. The molecular weight excluding hydrogens is 407 g/mol. The van der Waals surface area contributed by atoms with Crippen LogP contribution in [0.1, 0.15) is 22.8 Å². The van der Waals surface area contributed by atoms with E-state index in [9.17, 15) is 14.0 Å². The average molecular weight is 427 g/mol. The molecular formula is C23H20ClFN2O3. The smallest absolute Gasteiger partial charge is 0.265 e. The molecule has 0 heterocycles. The Balaban J connectivity index is 1.59. The van der Waals surface area contributed by atoms with Gasteiger partial charge in [-0.3, -0.25) is 9.59 Å². The van der Waals surface area contributed by atoms with Crippen LogP contribution in [0.5, 0.6) is 5.75 Å². The Kier molecular flexibility index (Phi) is 6.69. The van der Waals surface area contributed by atoms with E-state index in [4.69, 9.17) is 16.3 Å². The molecule has 3 aromatic carbocycles. The summed E-state index contributed by atoms with van der Waals surface area (Å²) in [6.07, 6.45) is -0.788. The zero-order valence-corrected chi connectivity index (χ0v) is 17.2. The maximum atomic E-state index is 12.9. The topological polar surface area (TPSA) is 67.4 Å². The Bertz CT molecular complexity index is 1050. The van der Waals surface area contributed by atoms with E-state index >= 15 is 0 Å². The Morgan fingerprint density at radius 3 is 2.30 bits per heavy atom. The van der Waals surface area contributed by atoms with Crippen molar-refractivity contribution in [2.75, 3.05) is 10.6 Å². The first-order valence-corrected chi connectivity index (χ1v) is 9.61. The Morgan fingerprint density at radius 2 is 1.63 bits per heavy atom. The Labute approximate surface area is 178 Å². The van der Waals surface area contributed by atoms with E-state index in [0.29, 0.717) is 27.7 Å². The fourth-order valence-electron chi connectivity index (χ4n) is 2.66. The number of benzene rings is 3. The van der Waals surface area contributed by atoms with Crippen LogP contribution in [0.3, 0.4) is 0 Å². The molecule has 0 aliphatic heterocycles. The van der Waals surface area contributed by atoms with Gasteiger partial charge in [0.25, 0.3) is 11.8 Å². The molecule has 7 heteroatoms. The lowest BCUT2D eigenvalue weighted by molar-refractivity contribution is -0.122. The monoisotopic (exact) mass is 426 g/mol. The lowest BCUT2D eigenvalue weighted by Gasteiger charge is -2.15. The highest BCUT2D eigenvalue weighted by molar-refractivity contribution is 6.31. The first-order chi connectivity index (χ1) is 14.3. The number of hydrogen-bond acceptors (Lipinski definition) is 3. The van der Waals surface area contributed by atoms with Crippen LogP contribution < -0.4 is 15.4 Å². The Hall–Kier alpha value is -3.38. The number of hydrogen-bond donors (Lipinski definition) is 2. The molecule has 5 nitrogen and oxygen atoms in total. The van der Waals surface area contributed by atoms with Crippen LogP contribution in [0.2, 0.25) is 5.02 Å². The summed E-state index contributed by atoms with van der Waals surface area (Å²) in [5.41, 5.74) is 2.33. The van der Waals surface area contributed by atoms with Gasteiger partial charge in [-0.2, -0.15) is 0 Å². The predicted octanol–water partition coefficient (Wildman–Crippen LogP) is 5.45. The quantitative estimate of drug-likeness (QED) is 0.551. The van der Waals surface area contributed by atoms with Gasteiger partial charge in [0.1, 0.15) is 11.6 Å². The van der Waals surface area contributed by atoms with Gasteiger partial charge in [-0.25, -0.2) is 4.39 Å². The molecule has 0 aromatic heterocycles. The van der Waals surface area contributed by atoms with Crippen molar-refractivity contribution in [1.82, 2.24) is 0 Å². The average Bonchev–Trinajstić information content (AvgIpc) is 2.73. The first-order valence-electron chi connectivity index (χ1n) is 9.23. The minimum atomic E-state index is -0.788. The van der Waals surface area contributed by atoms with Gasteiger partial charge >= 0.3 is 0 Å². The molecule has 0 aliphatic carbocycles. The molecule has 154 valence electrons. The fourth-order valence-corrected chi connectivity index (χ4v) is 2.83. The zero-order valence-electron chi connectivity index (χ0n) is 16.4. The van der Waals surface area contributed by atoms with Crippen molar-refractivity contribution in [3.63, 3.8) is 0 Å². The number of ether oxygens (including phenoxy) is 1. The molecule has 0 saturated heterocycles. The second-order valence-corrected chi connectivity index (χ2v) is 7.05. The van der Waals surface area contributed by atoms with Gasteiger partial charge in [0, 0.05) is 22.0 Å². The maximum absolute atomic E-state index is 12.9. The molecule has 3 aromatic rings. The van der Waals surface area contributed by atoms with Crippen molar-refractivity contribution in [1.29, 1.82) is 0 Å². The molecule has 0 fully saturated rings. The van der Waals surface area contributed by atoms with Gasteiger partial charge in [0.2, 0.25) is 0 Å². The molecule has 0 spiro atoms. The van der Waals surface area contributed by atoms with Crippen LogP contribution in [-0.2, 0) is 4.79 Å². The lowest BCUT2D eigenvalue weighted by Crippen LogP contribution is -2.30. The van der Waals surface area contributed by atoms with Crippen LogP contribution in [0.25, 0.3) is 0 Å². The van der Waals surface area contributed by atoms with Gasteiger partial charge in [-0.05, 0) is 80.1 Å². The molecule has 2 N–H and O–H groups in total. The van der Waals surface area contributed by atoms with Crippen LogP contribution in [0.15, 0.2) is 66.7 Å². The number of amides is 2. The summed E-state index contributed by atoms with van der Waals surface area (Å²) < 4.78 is 18.6. The molecule has 30 heavy (non-hydrogen) atoms. The maximum Gasteiger partial charge on any atom is 0.265 e. The van der Waals surface area contributed by atoms with Crippen LogP contribution in [-0.4, -0.2) is 17.9 Å². The molecule has 0 radical (unpaired) electrons. The minimum absolute atomic E-state index is 0.283. The molecule has 1 unspecified atom stereocenters. The van der Waals surface area contributed by atoms with Crippen LogP contribution in [0.4, 0.5) is 15.8 Å². The highest BCUT2D eigenvalue weighted by Gasteiger charge is 2.16. The molecule has 0 saturated carbocycles. The van der Waals surface area contributed by atoms with Crippen molar-refractivity contribution in [3.05, 3.63) is 88.7 Å². The zero-order chi connectivity index (χ0) is 21.7. The minimum Gasteiger partial charge on any atom is -0.481 e. The fraction of sp³-hybridized carbons (Fsp3) is 0.130. The van der Waals surface area contributed by atoms with E-state index in [-0.39, 0.29) is 17.6 Å². The van der Waals surface area contributed by atoms with Crippen LogP contribution >= 0.6 is 11.6 Å². The third kappa shape index (κ3) is 5.36. The summed E-state index contributed by atoms with van der Waals surface area (Å²) in [7, 11) is 0. The summed E-state index contributed by atoms with van der Waals surface area (Å²) in [5, 5.41) is 6.05. The van der Waals surface area contributed by atoms with E-state index in [1.807, 2.05) is 6.92 Å². The summed E-state index contributed by atoms with van der Waals surface area (Å²) in [4.78, 5) is 24.7. The van der Waals surface area contributed by atoms with Crippen molar-refractivity contribution in [2.24, 2.45) is 0 Å². The van der Waals surface area contributed by atoms with E-state index in [1.165, 1.54) is 24.3 Å². The number of anilines is 2. The van der Waals surface area contributed by atoms with E-state index in [0.717, 1.165) is 5.56 Å². The molecule has 0 aliphatic rings. The SMILES string of the molecule is Cc1c(Cl)cccc1NC(=O)c1ccc(OC(C)C(=O)Nc2ccc(F)cc2)cc1. The number of carbonyl (C=O) groups excluding carboxylic acids is 2. The third-order valence-electron chi connectivity index (χ3n) is 4.43. The Morgan fingerprint density at radius 1 is 0.967 bits per heavy atom. The summed E-state index contributed by atoms with van der Waals surface area (Å²) in [5.74, 6) is -0.604. The van der Waals surface area contributed by atoms with Crippen molar-refractivity contribution >= 4 is 34.8 Å². The van der Waals surface area contributed by atoms with Crippen molar-refractivity contribution in [3.8, 4) is 5.75 Å². The van der Waals surface area contributed by atoms with Gasteiger partial charge in [-0.1, -0.05) is 17.7 Å². The largest absolute Gasteiger partial charge is 0.481 e. The normalized spacial score (nSPS) is 11.5. The van der Waals surface area contributed by atoms with Gasteiger partial charge in [-0.15, -0.1) is 0 Å². The summed E-state index contributed by atoms with van der Waals surface area (Å²) in [6.45, 7) is 3.43. The van der Waals surface area contributed by atoms with E-state index in [1.54, 1.807) is 49.4 Å². The number of carbonyl (C=O) groups is 2. The first kappa shape index (κ1) is 21.3. The molecule has 3 rings (SSSR count). The molecule has 1 atom stereocenters. The highest BCUT2D eigenvalue weighted by atomic mass is 35.5. The second-order valence-electron chi connectivity index (χ2n) is 6.65. The predicted molar refractivity (Wildman–Crippen MR) is 116 cm³/mol. The van der Waals surface area contributed by atoms with Gasteiger partial charge in [0.05, 0.1) is 0 Å². The second kappa shape index (κ2) is 9.41. The van der Waals surface area contributed by atoms with Gasteiger partial charge in [0.15, 0.2) is 6.10 Å². The van der Waals surface area contributed by atoms with Crippen LogP contribution in [0, 0.1) is 12.7 Å². The summed E-state index contributed by atoms with van der Waals surface area (Å²) >= 11 is 6.08.